The van der Waals surface area contributed by atoms with Crippen molar-refractivity contribution in [1.29, 1.82) is 0 Å². The van der Waals surface area contributed by atoms with Gasteiger partial charge in [-0.1, -0.05) is 61.5 Å². The van der Waals surface area contributed by atoms with Crippen molar-refractivity contribution in [2.45, 2.75) is 44.7 Å². The largest absolute Gasteiger partial charge is 0.324 e. The second-order valence-corrected chi connectivity index (χ2v) is 9.35. The minimum Gasteiger partial charge on any atom is -0.321 e. The van der Waals surface area contributed by atoms with Gasteiger partial charge < -0.3 is 10.6 Å². The number of aromatic nitrogens is 1. The summed E-state index contributed by atoms with van der Waals surface area (Å²) in [7, 11) is 0. The van der Waals surface area contributed by atoms with Crippen LogP contribution in [0, 0.1) is 0 Å². The fraction of sp³-hybridized carbons (Fsp3) is 0.357. The smallest absolute Gasteiger partial charge is 0.321 e. The lowest BCUT2D eigenvalue weighted by Gasteiger charge is -2.38. The van der Waals surface area contributed by atoms with Crippen molar-refractivity contribution in [3.05, 3.63) is 71.9 Å². The molecule has 1 fully saturated rings. The number of halogens is 1. The van der Waals surface area contributed by atoms with Gasteiger partial charge in [0.05, 0.1) is 30.2 Å². The molecule has 1 aliphatic carbocycles. The second kappa shape index (κ2) is 9.18. The zero-order valence-corrected chi connectivity index (χ0v) is 19.6. The van der Waals surface area contributed by atoms with Crippen LogP contribution in [0.1, 0.15) is 43.9 Å². The number of carbonyl (C=O) groups is 1. The van der Waals surface area contributed by atoms with E-state index in [1.54, 1.807) is 9.80 Å². The highest BCUT2D eigenvalue weighted by Crippen LogP contribution is 2.41. The van der Waals surface area contributed by atoms with E-state index in [9.17, 15) is 9.18 Å². The van der Waals surface area contributed by atoms with Crippen LogP contribution in [0.2, 0.25) is 0 Å². The molecule has 2 amide bonds. The SMILES string of the molecule is CCCN1C(=O)N(CCF)Cc2nc(-c3ccc(C4(N)CCC4)cc3)c(-c3ccccc3)cc21. The number of nitrogens with two attached hydrogens (primary N) is 1. The molecule has 1 aliphatic heterocycles. The summed E-state index contributed by atoms with van der Waals surface area (Å²) in [5.41, 5.74) is 13.0. The number of benzene rings is 2. The molecule has 1 aromatic heterocycles. The standard InChI is InChI=1S/C28H31FN4O/c1-2-16-33-25-18-23(20-7-4-3-5-8-20)26(31-24(25)19-32(17-15-29)27(33)34)21-9-11-22(12-10-21)28(30)13-6-14-28/h3-5,7-12,18H,2,6,13-17,19,30H2,1H3. The molecule has 2 aromatic carbocycles. The molecular weight excluding hydrogens is 427 g/mol. The highest BCUT2D eigenvalue weighted by Gasteiger charge is 2.35. The Labute approximate surface area is 200 Å². The summed E-state index contributed by atoms with van der Waals surface area (Å²) in [6.07, 6.45) is 4.01. The first-order valence-electron chi connectivity index (χ1n) is 12.2. The molecule has 6 heteroatoms. The van der Waals surface area contributed by atoms with Crippen LogP contribution >= 0.6 is 0 Å². The summed E-state index contributed by atoms with van der Waals surface area (Å²) >= 11 is 0. The first kappa shape index (κ1) is 22.5. The van der Waals surface area contributed by atoms with E-state index >= 15 is 0 Å². The topological polar surface area (TPSA) is 62.5 Å². The van der Waals surface area contributed by atoms with E-state index in [-0.39, 0.29) is 18.1 Å². The molecule has 0 atom stereocenters. The monoisotopic (exact) mass is 458 g/mol. The molecule has 2 heterocycles. The number of carbonyl (C=O) groups excluding carboxylic acids is 1. The zero-order chi connectivity index (χ0) is 23.7. The number of amides is 2. The van der Waals surface area contributed by atoms with E-state index < -0.39 is 6.67 Å². The van der Waals surface area contributed by atoms with E-state index in [2.05, 4.69) is 42.5 Å². The van der Waals surface area contributed by atoms with Gasteiger partial charge in [-0.2, -0.15) is 0 Å². The fourth-order valence-electron chi connectivity index (χ4n) is 4.99. The molecule has 0 radical (unpaired) electrons. The summed E-state index contributed by atoms with van der Waals surface area (Å²) in [6.45, 7) is 2.41. The van der Waals surface area contributed by atoms with E-state index in [4.69, 9.17) is 10.7 Å². The molecule has 34 heavy (non-hydrogen) atoms. The first-order chi connectivity index (χ1) is 16.5. The number of urea groups is 1. The third kappa shape index (κ3) is 3.96. The number of hydrogen-bond acceptors (Lipinski definition) is 3. The normalized spacial score (nSPS) is 16.9. The minimum absolute atomic E-state index is 0.0726. The van der Waals surface area contributed by atoms with Gasteiger partial charge in [0.2, 0.25) is 0 Å². The number of pyridine rings is 1. The number of hydrogen-bond donors (Lipinski definition) is 1. The Morgan fingerprint density at radius 2 is 1.76 bits per heavy atom. The molecule has 3 aromatic rings. The Hall–Kier alpha value is -3.25. The van der Waals surface area contributed by atoms with E-state index in [1.165, 1.54) is 6.42 Å². The van der Waals surface area contributed by atoms with Crippen molar-refractivity contribution in [2.75, 3.05) is 24.7 Å². The van der Waals surface area contributed by atoms with Crippen LogP contribution in [0.5, 0.6) is 0 Å². The first-order valence-corrected chi connectivity index (χ1v) is 12.2. The number of fused-ring (bicyclic) bond motifs is 1. The predicted octanol–water partition coefficient (Wildman–Crippen LogP) is 5.88. The summed E-state index contributed by atoms with van der Waals surface area (Å²) in [5.74, 6) is 0. The molecule has 0 unspecified atom stereocenters. The Morgan fingerprint density at radius 3 is 2.38 bits per heavy atom. The Balaban J connectivity index is 1.64. The number of anilines is 1. The van der Waals surface area contributed by atoms with Gasteiger partial charge >= 0.3 is 6.03 Å². The van der Waals surface area contributed by atoms with Crippen LogP contribution < -0.4 is 10.6 Å². The zero-order valence-electron chi connectivity index (χ0n) is 19.6. The average molecular weight is 459 g/mol. The Morgan fingerprint density at radius 1 is 1.03 bits per heavy atom. The molecule has 0 saturated heterocycles. The molecule has 0 bridgehead atoms. The lowest BCUT2D eigenvalue weighted by Crippen LogP contribution is -2.48. The van der Waals surface area contributed by atoms with Gasteiger partial charge in [0.1, 0.15) is 6.67 Å². The third-order valence-corrected chi connectivity index (χ3v) is 7.08. The number of alkyl halides is 1. The minimum atomic E-state index is -0.571. The van der Waals surface area contributed by atoms with Crippen molar-refractivity contribution in [3.63, 3.8) is 0 Å². The van der Waals surface area contributed by atoms with Gasteiger partial charge in [-0.05, 0) is 42.9 Å². The van der Waals surface area contributed by atoms with Gasteiger partial charge in [0.15, 0.2) is 0 Å². The van der Waals surface area contributed by atoms with E-state index in [1.807, 2.05) is 25.1 Å². The van der Waals surface area contributed by atoms with Crippen LogP contribution in [-0.2, 0) is 12.1 Å². The Bertz CT molecular complexity index is 1180. The third-order valence-electron chi connectivity index (χ3n) is 7.08. The maximum absolute atomic E-state index is 13.2. The molecule has 176 valence electrons. The molecule has 1 saturated carbocycles. The summed E-state index contributed by atoms with van der Waals surface area (Å²) in [5, 5.41) is 0. The van der Waals surface area contributed by atoms with Crippen LogP contribution in [0.15, 0.2) is 60.7 Å². The molecule has 0 spiro atoms. The summed E-state index contributed by atoms with van der Waals surface area (Å²) in [4.78, 5) is 21.5. The van der Waals surface area contributed by atoms with Crippen molar-refractivity contribution in [3.8, 4) is 22.4 Å². The van der Waals surface area contributed by atoms with Crippen LogP contribution in [0.3, 0.4) is 0 Å². The lowest BCUT2D eigenvalue weighted by molar-refractivity contribution is 0.192. The maximum atomic E-state index is 13.2. The van der Waals surface area contributed by atoms with Gasteiger partial charge in [0, 0.05) is 23.2 Å². The second-order valence-electron chi connectivity index (χ2n) is 9.35. The van der Waals surface area contributed by atoms with Crippen LogP contribution in [-0.4, -0.2) is 35.7 Å². The lowest BCUT2D eigenvalue weighted by atomic mass is 9.72. The van der Waals surface area contributed by atoms with Crippen molar-refractivity contribution >= 4 is 11.7 Å². The van der Waals surface area contributed by atoms with Crippen LogP contribution in [0.4, 0.5) is 14.9 Å². The average Bonchev–Trinajstić information content (AvgIpc) is 2.85. The van der Waals surface area contributed by atoms with Gasteiger partial charge in [-0.3, -0.25) is 4.90 Å². The quantitative estimate of drug-likeness (QED) is 0.481. The number of nitrogens with zero attached hydrogens (tertiary/aromatic N) is 3. The van der Waals surface area contributed by atoms with Crippen LogP contribution in [0.25, 0.3) is 22.4 Å². The van der Waals surface area contributed by atoms with Gasteiger partial charge in [-0.25, -0.2) is 14.2 Å². The fourth-order valence-corrected chi connectivity index (χ4v) is 4.99. The van der Waals surface area contributed by atoms with E-state index in [0.29, 0.717) is 13.1 Å². The maximum Gasteiger partial charge on any atom is 0.324 e. The molecule has 5 rings (SSSR count). The molecule has 5 nitrogen and oxygen atoms in total. The van der Waals surface area contributed by atoms with E-state index in [0.717, 1.165) is 58.6 Å². The highest BCUT2D eigenvalue weighted by molar-refractivity contribution is 5.96. The highest BCUT2D eigenvalue weighted by atomic mass is 19.1. The molecule has 2 N–H and O–H groups in total. The van der Waals surface area contributed by atoms with Crippen molar-refractivity contribution in [1.82, 2.24) is 9.88 Å². The predicted molar refractivity (Wildman–Crippen MR) is 134 cm³/mol. The number of rotatable bonds is 7. The van der Waals surface area contributed by atoms with Gasteiger partial charge in [0.25, 0.3) is 0 Å². The molecular formula is C28H31FN4O. The Kier molecular flexibility index (Phi) is 6.09. The summed E-state index contributed by atoms with van der Waals surface area (Å²) < 4.78 is 13.2. The summed E-state index contributed by atoms with van der Waals surface area (Å²) in [6, 6.07) is 20.5. The van der Waals surface area contributed by atoms with Crippen molar-refractivity contribution < 1.29 is 9.18 Å². The van der Waals surface area contributed by atoms with Crippen molar-refractivity contribution in [2.24, 2.45) is 5.73 Å². The van der Waals surface area contributed by atoms with Gasteiger partial charge in [-0.15, -0.1) is 0 Å². The molecule has 2 aliphatic rings.